The van der Waals surface area contributed by atoms with E-state index in [1.807, 2.05) is 54.6 Å². The largest absolute Gasteiger partial charge is 0.383 e. The molecule has 2 rings (SSSR count). The van der Waals surface area contributed by atoms with E-state index in [4.69, 9.17) is 22.1 Å². The summed E-state index contributed by atoms with van der Waals surface area (Å²) in [4.78, 5) is 0. The molecule has 0 aromatic heterocycles. The van der Waals surface area contributed by atoms with Crippen molar-refractivity contribution >= 4 is 11.6 Å². The van der Waals surface area contributed by atoms with Crippen molar-refractivity contribution in [2.45, 2.75) is 18.6 Å². The van der Waals surface area contributed by atoms with Gasteiger partial charge in [-0.05, 0) is 36.2 Å². The summed E-state index contributed by atoms with van der Waals surface area (Å²) < 4.78 is 5.68. The first-order chi connectivity index (χ1) is 10.1. The van der Waals surface area contributed by atoms with Crippen molar-refractivity contribution < 1.29 is 9.84 Å². The number of ether oxygens (including phenoxy) is 1. The summed E-state index contributed by atoms with van der Waals surface area (Å²) in [5.41, 5.74) is 6.36. The van der Waals surface area contributed by atoms with Crippen LogP contribution in [-0.2, 0) is 16.9 Å². The molecular formula is C17H20ClNO2. The summed E-state index contributed by atoms with van der Waals surface area (Å²) in [7, 11) is 0. The molecule has 0 heterocycles. The molecule has 0 spiro atoms. The lowest BCUT2D eigenvalue weighted by Crippen LogP contribution is -2.34. The number of hydrogen-bond donors (Lipinski definition) is 2. The van der Waals surface area contributed by atoms with E-state index in [9.17, 15) is 5.11 Å². The smallest absolute Gasteiger partial charge is 0.114 e. The molecule has 21 heavy (non-hydrogen) atoms. The maximum Gasteiger partial charge on any atom is 0.114 e. The number of halogens is 1. The molecule has 2 aromatic rings. The molecule has 0 saturated carbocycles. The molecule has 0 amide bonds. The molecule has 1 atom stereocenters. The Balaban J connectivity index is 2.00. The predicted octanol–water partition coefficient (Wildman–Crippen LogP) is 3.09. The summed E-state index contributed by atoms with van der Waals surface area (Å²) in [5, 5.41) is 11.5. The van der Waals surface area contributed by atoms with Gasteiger partial charge in [0.25, 0.3) is 0 Å². The van der Waals surface area contributed by atoms with Gasteiger partial charge in [0.1, 0.15) is 5.60 Å². The third-order valence-corrected chi connectivity index (χ3v) is 3.60. The van der Waals surface area contributed by atoms with Gasteiger partial charge in [0.15, 0.2) is 0 Å². The number of hydrogen-bond acceptors (Lipinski definition) is 3. The Bertz CT molecular complexity index is 562. The third-order valence-electron chi connectivity index (χ3n) is 3.37. The van der Waals surface area contributed by atoms with Crippen molar-refractivity contribution in [1.29, 1.82) is 0 Å². The highest BCUT2D eigenvalue weighted by Crippen LogP contribution is 2.25. The van der Waals surface area contributed by atoms with E-state index < -0.39 is 5.60 Å². The number of nitrogens with two attached hydrogens (primary N) is 1. The molecular weight excluding hydrogens is 286 g/mol. The van der Waals surface area contributed by atoms with Gasteiger partial charge in [-0.3, -0.25) is 0 Å². The Kier molecular flexibility index (Phi) is 5.76. The van der Waals surface area contributed by atoms with Crippen LogP contribution in [-0.4, -0.2) is 18.3 Å². The molecule has 0 aliphatic carbocycles. The Morgan fingerprint density at radius 3 is 2.52 bits per heavy atom. The molecule has 0 bridgehead atoms. The second kappa shape index (κ2) is 7.57. The van der Waals surface area contributed by atoms with Gasteiger partial charge in [0.05, 0.1) is 13.2 Å². The Morgan fingerprint density at radius 2 is 1.86 bits per heavy atom. The quantitative estimate of drug-likeness (QED) is 0.826. The van der Waals surface area contributed by atoms with Crippen LogP contribution in [0.1, 0.15) is 17.5 Å². The average molecular weight is 306 g/mol. The van der Waals surface area contributed by atoms with E-state index in [0.717, 1.165) is 11.1 Å². The number of aliphatic hydroxyl groups is 1. The lowest BCUT2D eigenvalue weighted by atomic mass is 9.91. The maximum atomic E-state index is 10.8. The van der Waals surface area contributed by atoms with Crippen LogP contribution in [0.25, 0.3) is 0 Å². The van der Waals surface area contributed by atoms with E-state index in [1.165, 1.54) is 0 Å². The third kappa shape index (κ3) is 4.55. The first-order valence-corrected chi connectivity index (χ1v) is 7.32. The molecule has 0 saturated heterocycles. The first-order valence-electron chi connectivity index (χ1n) is 6.94. The van der Waals surface area contributed by atoms with Crippen molar-refractivity contribution in [2.24, 2.45) is 5.73 Å². The fourth-order valence-corrected chi connectivity index (χ4v) is 2.46. The van der Waals surface area contributed by atoms with Crippen LogP contribution in [0.5, 0.6) is 0 Å². The lowest BCUT2D eigenvalue weighted by Gasteiger charge is -2.28. The standard InChI is InChI=1S/C17H20ClNO2/c18-16-8-4-5-14(11-16)12-21-13-17(20,9-10-19)15-6-2-1-3-7-15/h1-8,11,20H,9-10,12-13,19H2. The highest BCUT2D eigenvalue weighted by atomic mass is 35.5. The van der Waals surface area contributed by atoms with E-state index >= 15 is 0 Å². The van der Waals surface area contributed by atoms with Crippen molar-refractivity contribution in [2.75, 3.05) is 13.2 Å². The highest BCUT2D eigenvalue weighted by Gasteiger charge is 2.28. The minimum absolute atomic E-state index is 0.195. The van der Waals surface area contributed by atoms with Crippen LogP contribution < -0.4 is 5.73 Å². The SMILES string of the molecule is NCCC(O)(COCc1cccc(Cl)c1)c1ccccc1. The van der Waals surface area contributed by atoms with Crippen LogP contribution in [0.3, 0.4) is 0 Å². The van der Waals surface area contributed by atoms with Gasteiger partial charge < -0.3 is 15.6 Å². The van der Waals surface area contributed by atoms with Gasteiger partial charge in [-0.2, -0.15) is 0 Å². The number of rotatable bonds is 7. The fraction of sp³-hybridized carbons (Fsp3) is 0.294. The van der Waals surface area contributed by atoms with Crippen molar-refractivity contribution in [3.05, 3.63) is 70.7 Å². The minimum atomic E-state index is -1.06. The summed E-state index contributed by atoms with van der Waals surface area (Å²) in [5.74, 6) is 0. The monoisotopic (exact) mass is 305 g/mol. The van der Waals surface area contributed by atoms with Crippen LogP contribution in [0.15, 0.2) is 54.6 Å². The maximum absolute atomic E-state index is 10.8. The second-order valence-corrected chi connectivity index (χ2v) is 5.50. The lowest BCUT2D eigenvalue weighted by molar-refractivity contribution is -0.0602. The first kappa shape index (κ1) is 16.0. The molecule has 3 N–H and O–H groups in total. The van der Waals surface area contributed by atoms with Crippen LogP contribution >= 0.6 is 11.6 Å². The van der Waals surface area contributed by atoms with Crippen molar-refractivity contribution in [3.8, 4) is 0 Å². The minimum Gasteiger partial charge on any atom is -0.383 e. The summed E-state index contributed by atoms with van der Waals surface area (Å²) in [6.07, 6.45) is 0.451. The van der Waals surface area contributed by atoms with Gasteiger partial charge in [0, 0.05) is 5.02 Å². The van der Waals surface area contributed by atoms with Gasteiger partial charge in [-0.25, -0.2) is 0 Å². The zero-order valence-corrected chi connectivity index (χ0v) is 12.6. The molecule has 0 aliphatic heterocycles. The predicted molar refractivity (Wildman–Crippen MR) is 85.1 cm³/mol. The Hall–Kier alpha value is -1.39. The van der Waals surface area contributed by atoms with Crippen molar-refractivity contribution in [1.82, 2.24) is 0 Å². The van der Waals surface area contributed by atoms with Gasteiger partial charge in [0.2, 0.25) is 0 Å². The highest BCUT2D eigenvalue weighted by molar-refractivity contribution is 6.30. The molecule has 0 radical (unpaired) electrons. The van der Waals surface area contributed by atoms with Crippen LogP contribution in [0.2, 0.25) is 5.02 Å². The van der Waals surface area contributed by atoms with Gasteiger partial charge in [-0.15, -0.1) is 0 Å². The van der Waals surface area contributed by atoms with Crippen LogP contribution in [0.4, 0.5) is 0 Å². The zero-order chi connectivity index (χ0) is 15.1. The van der Waals surface area contributed by atoms with E-state index in [1.54, 1.807) is 0 Å². The van der Waals surface area contributed by atoms with Crippen LogP contribution in [0, 0.1) is 0 Å². The number of benzene rings is 2. The summed E-state index contributed by atoms with van der Waals surface area (Å²) >= 11 is 5.94. The van der Waals surface area contributed by atoms with Gasteiger partial charge >= 0.3 is 0 Å². The Morgan fingerprint density at radius 1 is 1.10 bits per heavy atom. The fourth-order valence-electron chi connectivity index (χ4n) is 2.25. The Labute approximate surface area is 130 Å². The second-order valence-electron chi connectivity index (χ2n) is 5.06. The summed E-state index contributed by atoms with van der Waals surface area (Å²) in [6.45, 7) is 0.993. The topological polar surface area (TPSA) is 55.5 Å². The normalized spacial score (nSPS) is 13.9. The molecule has 0 aliphatic rings. The molecule has 3 nitrogen and oxygen atoms in total. The summed E-state index contributed by atoms with van der Waals surface area (Å²) in [6, 6.07) is 17.0. The molecule has 0 fully saturated rings. The van der Waals surface area contributed by atoms with Gasteiger partial charge in [-0.1, -0.05) is 54.1 Å². The molecule has 112 valence electrons. The molecule has 4 heteroatoms. The average Bonchev–Trinajstić information content (AvgIpc) is 2.48. The molecule has 1 unspecified atom stereocenters. The van der Waals surface area contributed by atoms with E-state index in [2.05, 4.69) is 0 Å². The van der Waals surface area contributed by atoms with Crippen molar-refractivity contribution in [3.63, 3.8) is 0 Å². The molecule has 2 aromatic carbocycles. The van der Waals surface area contributed by atoms with E-state index in [0.29, 0.717) is 24.6 Å². The van der Waals surface area contributed by atoms with E-state index in [-0.39, 0.29) is 6.61 Å². The zero-order valence-electron chi connectivity index (χ0n) is 11.8.